The molecule has 0 unspecified atom stereocenters. The van der Waals surface area contributed by atoms with E-state index in [4.69, 9.17) is 10.7 Å². The molecule has 25 heavy (non-hydrogen) atoms. The van der Waals surface area contributed by atoms with Gasteiger partial charge < -0.3 is 5.73 Å². The van der Waals surface area contributed by atoms with Crippen LogP contribution in [0, 0.1) is 0 Å². The van der Waals surface area contributed by atoms with Crippen LogP contribution < -0.4 is 5.73 Å². The Labute approximate surface area is 145 Å². The fourth-order valence-corrected chi connectivity index (χ4v) is 2.94. The number of primary amides is 1. The lowest BCUT2D eigenvalue weighted by molar-refractivity contribution is 0.100. The number of nitrogens with two attached hydrogens (primary N) is 1. The minimum absolute atomic E-state index is 0.422. The van der Waals surface area contributed by atoms with Gasteiger partial charge in [-0.05, 0) is 41.5 Å². The first kappa shape index (κ1) is 15.1. The van der Waals surface area contributed by atoms with Crippen LogP contribution >= 0.6 is 0 Å². The van der Waals surface area contributed by atoms with Gasteiger partial charge in [-0.3, -0.25) is 4.79 Å². The Kier molecular flexibility index (Phi) is 3.75. The second-order valence-corrected chi connectivity index (χ2v) is 5.92. The van der Waals surface area contributed by atoms with Crippen LogP contribution in [0.1, 0.15) is 10.4 Å². The molecule has 1 heterocycles. The van der Waals surface area contributed by atoms with E-state index in [0.717, 1.165) is 33.3 Å². The third-order valence-corrected chi connectivity index (χ3v) is 4.24. The molecule has 0 spiro atoms. The molecule has 0 aliphatic carbocycles. The summed E-state index contributed by atoms with van der Waals surface area (Å²) in [5.74, 6) is -0.422. The van der Waals surface area contributed by atoms with Crippen LogP contribution in [-0.2, 0) is 0 Å². The third kappa shape index (κ3) is 3.00. The largest absolute Gasteiger partial charge is 0.366 e. The minimum Gasteiger partial charge on any atom is -0.366 e. The van der Waals surface area contributed by atoms with Crippen molar-refractivity contribution in [3.63, 3.8) is 0 Å². The number of carbonyl (C=O) groups excluding carboxylic acids is 1. The lowest BCUT2D eigenvalue weighted by Crippen LogP contribution is -2.10. The summed E-state index contributed by atoms with van der Waals surface area (Å²) in [5, 5.41) is 1.12. The Hall–Kier alpha value is -3.46. The van der Waals surface area contributed by atoms with Gasteiger partial charge in [-0.25, -0.2) is 4.98 Å². The maximum Gasteiger partial charge on any atom is 0.248 e. The lowest BCUT2D eigenvalue weighted by atomic mass is 9.99. The highest BCUT2D eigenvalue weighted by molar-refractivity contribution is 5.94. The minimum atomic E-state index is -0.422. The predicted octanol–water partition coefficient (Wildman–Crippen LogP) is 4.67. The van der Waals surface area contributed by atoms with E-state index in [1.165, 1.54) is 0 Å². The lowest BCUT2D eigenvalue weighted by Gasteiger charge is -2.07. The molecule has 3 nitrogen and oxygen atoms in total. The number of pyridine rings is 1. The van der Waals surface area contributed by atoms with Gasteiger partial charge in [0.15, 0.2) is 0 Å². The molecule has 0 fully saturated rings. The first-order chi connectivity index (χ1) is 12.2. The van der Waals surface area contributed by atoms with Crippen molar-refractivity contribution in [2.75, 3.05) is 0 Å². The molecule has 3 heteroatoms. The van der Waals surface area contributed by atoms with Crippen LogP contribution in [0.5, 0.6) is 0 Å². The highest BCUT2D eigenvalue weighted by atomic mass is 16.1. The molecule has 1 aromatic heterocycles. The van der Waals surface area contributed by atoms with Crippen molar-refractivity contribution in [2.45, 2.75) is 0 Å². The van der Waals surface area contributed by atoms with Crippen LogP contribution in [0.15, 0.2) is 84.9 Å². The Morgan fingerprint density at radius 3 is 2.28 bits per heavy atom. The van der Waals surface area contributed by atoms with Gasteiger partial charge in [-0.2, -0.15) is 0 Å². The Morgan fingerprint density at radius 1 is 0.720 bits per heavy atom. The maximum atomic E-state index is 11.4. The summed E-state index contributed by atoms with van der Waals surface area (Å²) in [6.07, 6.45) is 0. The second-order valence-electron chi connectivity index (χ2n) is 5.92. The normalized spacial score (nSPS) is 10.7. The molecular weight excluding hydrogens is 308 g/mol. The number of amides is 1. The first-order valence-electron chi connectivity index (χ1n) is 8.07. The average Bonchev–Trinajstić information content (AvgIpc) is 2.68. The van der Waals surface area contributed by atoms with E-state index in [2.05, 4.69) is 18.2 Å². The van der Waals surface area contributed by atoms with Gasteiger partial charge in [0.2, 0.25) is 5.91 Å². The van der Waals surface area contributed by atoms with Crippen molar-refractivity contribution in [2.24, 2.45) is 5.73 Å². The number of fused-ring (bicyclic) bond motifs is 1. The monoisotopic (exact) mass is 324 g/mol. The molecule has 4 rings (SSSR count). The van der Waals surface area contributed by atoms with E-state index < -0.39 is 5.91 Å². The van der Waals surface area contributed by atoms with Gasteiger partial charge in [0.25, 0.3) is 0 Å². The summed E-state index contributed by atoms with van der Waals surface area (Å²) < 4.78 is 0. The van der Waals surface area contributed by atoms with Crippen LogP contribution in [0.25, 0.3) is 33.3 Å². The van der Waals surface area contributed by atoms with E-state index in [1.54, 1.807) is 6.07 Å². The van der Waals surface area contributed by atoms with Crippen molar-refractivity contribution >= 4 is 16.8 Å². The fourth-order valence-electron chi connectivity index (χ4n) is 2.94. The maximum absolute atomic E-state index is 11.4. The SMILES string of the molecule is NC(=O)c1cccc(-c2cccc(-c3ccc4ccccc4n3)c2)c1. The Morgan fingerprint density at radius 2 is 1.44 bits per heavy atom. The molecule has 0 radical (unpaired) electrons. The highest BCUT2D eigenvalue weighted by Crippen LogP contribution is 2.27. The van der Waals surface area contributed by atoms with Gasteiger partial charge in [-0.1, -0.05) is 54.6 Å². The van der Waals surface area contributed by atoms with E-state index in [0.29, 0.717) is 5.56 Å². The third-order valence-electron chi connectivity index (χ3n) is 4.24. The van der Waals surface area contributed by atoms with Crippen LogP contribution in [0.3, 0.4) is 0 Å². The van der Waals surface area contributed by atoms with Gasteiger partial charge >= 0.3 is 0 Å². The molecule has 0 saturated heterocycles. The van der Waals surface area contributed by atoms with E-state index in [1.807, 2.05) is 60.7 Å². The molecule has 4 aromatic rings. The summed E-state index contributed by atoms with van der Waals surface area (Å²) in [6, 6.07) is 27.7. The van der Waals surface area contributed by atoms with Gasteiger partial charge in [-0.15, -0.1) is 0 Å². The number of para-hydroxylation sites is 1. The van der Waals surface area contributed by atoms with Crippen LogP contribution in [0.4, 0.5) is 0 Å². The number of benzene rings is 3. The fraction of sp³-hybridized carbons (Fsp3) is 0. The van der Waals surface area contributed by atoms with Crippen molar-refractivity contribution in [3.05, 3.63) is 90.5 Å². The highest BCUT2D eigenvalue weighted by Gasteiger charge is 2.06. The van der Waals surface area contributed by atoms with Crippen LogP contribution in [0.2, 0.25) is 0 Å². The standard InChI is InChI=1S/C22H16N2O/c23-22(25)19-9-4-7-17(14-19)16-6-3-8-18(13-16)21-12-11-15-5-1-2-10-20(15)24-21/h1-14H,(H2,23,25). The first-order valence-corrected chi connectivity index (χ1v) is 8.07. The quantitative estimate of drug-likeness (QED) is 0.595. The Balaban J connectivity index is 1.78. The smallest absolute Gasteiger partial charge is 0.248 e. The molecule has 0 saturated carbocycles. The number of rotatable bonds is 3. The topological polar surface area (TPSA) is 56.0 Å². The zero-order valence-corrected chi connectivity index (χ0v) is 13.5. The number of hydrogen-bond acceptors (Lipinski definition) is 2. The summed E-state index contributed by atoms with van der Waals surface area (Å²) in [4.78, 5) is 16.2. The average molecular weight is 324 g/mol. The predicted molar refractivity (Wildman–Crippen MR) is 101 cm³/mol. The Bertz CT molecular complexity index is 1090. The molecule has 120 valence electrons. The molecule has 0 atom stereocenters. The number of hydrogen-bond donors (Lipinski definition) is 1. The summed E-state index contributed by atoms with van der Waals surface area (Å²) >= 11 is 0. The zero-order chi connectivity index (χ0) is 17.2. The summed E-state index contributed by atoms with van der Waals surface area (Å²) in [5.41, 5.74) is 10.8. The molecule has 3 aromatic carbocycles. The van der Waals surface area contributed by atoms with Crippen molar-refractivity contribution in [1.82, 2.24) is 4.98 Å². The van der Waals surface area contributed by atoms with Crippen molar-refractivity contribution in [3.8, 4) is 22.4 Å². The van der Waals surface area contributed by atoms with Gasteiger partial charge in [0.1, 0.15) is 0 Å². The molecule has 0 aliphatic rings. The van der Waals surface area contributed by atoms with Gasteiger partial charge in [0, 0.05) is 16.5 Å². The zero-order valence-electron chi connectivity index (χ0n) is 13.5. The second kappa shape index (κ2) is 6.21. The molecule has 0 bridgehead atoms. The van der Waals surface area contributed by atoms with Gasteiger partial charge in [0.05, 0.1) is 11.2 Å². The summed E-state index contributed by atoms with van der Waals surface area (Å²) in [7, 11) is 0. The van der Waals surface area contributed by atoms with E-state index >= 15 is 0 Å². The molecule has 2 N–H and O–H groups in total. The van der Waals surface area contributed by atoms with E-state index in [9.17, 15) is 4.79 Å². The van der Waals surface area contributed by atoms with Crippen LogP contribution in [-0.4, -0.2) is 10.9 Å². The van der Waals surface area contributed by atoms with E-state index in [-0.39, 0.29) is 0 Å². The molecule has 1 amide bonds. The number of carbonyl (C=O) groups is 1. The van der Waals surface area contributed by atoms with Crippen molar-refractivity contribution in [1.29, 1.82) is 0 Å². The molecule has 0 aliphatic heterocycles. The number of nitrogens with zero attached hydrogens (tertiary/aromatic N) is 1. The van der Waals surface area contributed by atoms with Crippen molar-refractivity contribution < 1.29 is 4.79 Å². The number of aromatic nitrogens is 1. The molecular formula is C22H16N2O. The summed E-state index contributed by atoms with van der Waals surface area (Å²) in [6.45, 7) is 0.